The Balaban J connectivity index is 1.45. The van der Waals surface area contributed by atoms with E-state index in [0.717, 1.165) is 59.5 Å². The molecule has 1 aromatic heterocycles. The van der Waals surface area contributed by atoms with Crippen LogP contribution in [0.3, 0.4) is 0 Å². The summed E-state index contributed by atoms with van der Waals surface area (Å²) < 4.78 is 0. The molecule has 2 N–H and O–H groups in total. The largest absolute Gasteiger partial charge is 0.369 e. The van der Waals surface area contributed by atoms with Gasteiger partial charge in [-0.05, 0) is 68.9 Å². The standard InChI is InChI=1S/C23H27ClN6/c1-16-14-19(6-9-21(16)24)26-22-17(2)15-25-23(28-22)27-18-4-7-20(8-5-18)30-12-10-29(3)11-13-30/h4-9,14-15H,10-13H2,1-3H3,(H2,25,26,27,28). The van der Waals surface area contributed by atoms with E-state index in [1.165, 1.54) is 5.69 Å². The average Bonchev–Trinajstić information content (AvgIpc) is 2.74. The third kappa shape index (κ3) is 4.83. The van der Waals surface area contributed by atoms with Crippen LogP contribution in [-0.2, 0) is 0 Å². The van der Waals surface area contributed by atoms with Gasteiger partial charge in [0.15, 0.2) is 0 Å². The van der Waals surface area contributed by atoms with Gasteiger partial charge in [0.2, 0.25) is 5.95 Å². The van der Waals surface area contributed by atoms with Crippen LogP contribution in [0.25, 0.3) is 0 Å². The number of halogens is 1. The molecule has 0 atom stereocenters. The van der Waals surface area contributed by atoms with Crippen molar-refractivity contribution in [1.29, 1.82) is 0 Å². The zero-order chi connectivity index (χ0) is 21.1. The van der Waals surface area contributed by atoms with Crippen molar-refractivity contribution in [3.8, 4) is 0 Å². The van der Waals surface area contributed by atoms with E-state index in [2.05, 4.69) is 61.7 Å². The first kappa shape index (κ1) is 20.4. The van der Waals surface area contributed by atoms with Crippen molar-refractivity contribution >= 4 is 40.4 Å². The second-order valence-corrected chi connectivity index (χ2v) is 8.18. The van der Waals surface area contributed by atoms with Gasteiger partial charge < -0.3 is 20.4 Å². The van der Waals surface area contributed by atoms with Crippen LogP contribution >= 0.6 is 11.6 Å². The van der Waals surface area contributed by atoms with E-state index >= 15 is 0 Å². The predicted molar refractivity (Wildman–Crippen MR) is 126 cm³/mol. The zero-order valence-corrected chi connectivity index (χ0v) is 18.4. The van der Waals surface area contributed by atoms with Crippen molar-refractivity contribution in [2.24, 2.45) is 0 Å². The minimum atomic E-state index is 0.557. The SMILES string of the molecule is Cc1cc(Nc2nc(Nc3ccc(N4CCN(C)CC4)cc3)ncc2C)ccc1Cl. The summed E-state index contributed by atoms with van der Waals surface area (Å²) in [5.74, 6) is 1.32. The van der Waals surface area contributed by atoms with E-state index in [1.807, 2.05) is 38.2 Å². The second-order valence-electron chi connectivity index (χ2n) is 7.78. The van der Waals surface area contributed by atoms with Gasteiger partial charge in [0.25, 0.3) is 0 Å². The van der Waals surface area contributed by atoms with E-state index in [-0.39, 0.29) is 0 Å². The maximum atomic E-state index is 6.13. The number of rotatable bonds is 5. The van der Waals surface area contributed by atoms with Crippen LogP contribution in [0, 0.1) is 13.8 Å². The Hall–Kier alpha value is -2.83. The third-order valence-corrected chi connectivity index (χ3v) is 5.81. The molecule has 6 nitrogen and oxygen atoms in total. The highest BCUT2D eigenvalue weighted by Crippen LogP contribution is 2.25. The number of benzene rings is 2. The number of piperazine rings is 1. The summed E-state index contributed by atoms with van der Waals surface area (Å²) in [4.78, 5) is 13.9. The molecule has 0 radical (unpaired) electrons. The normalized spacial score (nSPS) is 14.6. The Kier molecular flexibility index (Phi) is 6.06. The molecule has 30 heavy (non-hydrogen) atoms. The van der Waals surface area contributed by atoms with Crippen LogP contribution in [0.2, 0.25) is 5.02 Å². The highest BCUT2D eigenvalue weighted by molar-refractivity contribution is 6.31. The molecule has 1 aliphatic heterocycles. The van der Waals surface area contributed by atoms with Crippen LogP contribution < -0.4 is 15.5 Å². The van der Waals surface area contributed by atoms with Gasteiger partial charge >= 0.3 is 0 Å². The van der Waals surface area contributed by atoms with Gasteiger partial charge in [-0.25, -0.2) is 4.98 Å². The zero-order valence-electron chi connectivity index (χ0n) is 17.6. The lowest BCUT2D eigenvalue weighted by atomic mass is 10.2. The van der Waals surface area contributed by atoms with Crippen molar-refractivity contribution < 1.29 is 0 Å². The Morgan fingerprint density at radius 3 is 2.27 bits per heavy atom. The summed E-state index contributed by atoms with van der Waals surface area (Å²) in [5, 5.41) is 7.42. The van der Waals surface area contributed by atoms with E-state index in [1.54, 1.807) is 0 Å². The predicted octanol–water partition coefficient (Wildman–Crippen LogP) is 4.99. The summed E-state index contributed by atoms with van der Waals surface area (Å²) in [7, 11) is 2.17. The van der Waals surface area contributed by atoms with Crippen LogP contribution in [0.5, 0.6) is 0 Å². The number of hydrogen-bond acceptors (Lipinski definition) is 6. The summed E-state index contributed by atoms with van der Waals surface area (Å²) in [6.45, 7) is 8.28. The summed E-state index contributed by atoms with van der Waals surface area (Å²) in [6, 6.07) is 14.3. The average molecular weight is 423 g/mol. The molecule has 2 heterocycles. The van der Waals surface area contributed by atoms with Crippen LogP contribution in [0.4, 0.5) is 28.8 Å². The monoisotopic (exact) mass is 422 g/mol. The molecule has 156 valence electrons. The van der Waals surface area contributed by atoms with Crippen molar-refractivity contribution in [3.63, 3.8) is 0 Å². The van der Waals surface area contributed by atoms with Gasteiger partial charge in [-0.1, -0.05) is 11.6 Å². The molecule has 7 heteroatoms. The van der Waals surface area contributed by atoms with Crippen molar-refractivity contribution in [1.82, 2.24) is 14.9 Å². The van der Waals surface area contributed by atoms with Crippen molar-refractivity contribution in [2.75, 3.05) is 48.8 Å². The highest BCUT2D eigenvalue weighted by Gasteiger charge is 2.14. The first-order valence-electron chi connectivity index (χ1n) is 10.2. The van der Waals surface area contributed by atoms with E-state index < -0.39 is 0 Å². The van der Waals surface area contributed by atoms with Gasteiger partial charge in [0.05, 0.1) is 0 Å². The first-order chi connectivity index (χ1) is 14.5. The molecular weight excluding hydrogens is 396 g/mol. The lowest BCUT2D eigenvalue weighted by Gasteiger charge is -2.34. The highest BCUT2D eigenvalue weighted by atomic mass is 35.5. The molecule has 1 saturated heterocycles. The summed E-state index contributed by atoms with van der Waals surface area (Å²) in [5.41, 5.74) is 5.15. The topological polar surface area (TPSA) is 56.3 Å². The number of likely N-dealkylation sites (N-methyl/N-ethyl adjacent to an activating group) is 1. The fourth-order valence-corrected chi connectivity index (χ4v) is 3.55. The molecule has 0 bridgehead atoms. The van der Waals surface area contributed by atoms with E-state index in [9.17, 15) is 0 Å². The maximum absolute atomic E-state index is 6.13. The molecule has 2 aromatic carbocycles. The Morgan fingerprint density at radius 1 is 0.867 bits per heavy atom. The fraction of sp³-hybridized carbons (Fsp3) is 0.304. The van der Waals surface area contributed by atoms with Crippen LogP contribution in [-0.4, -0.2) is 48.1 Å². The van der Waals surface area contributed by atoms with E-state index in [4.69, 9.17) is 11.6 Å². The molecular formula is C23H27ClN6. The molecule has 3 aromatic rings. The third-order valence-electron chi connectivity index (χ3n) is 5.38. The molecule has 0 amide bonds. The van der Waals surface area contributed by atoms with Gasteiger partial charge in [-0.15, -0.1) is 0 Å². The van der Waals surface area contributed by atoms with Crippen molar-refractivity contribution in [2.45, 2.75) is 13.8 Å². The minimum absolute atomic E-state index is 0.557. The Bertz CT molecular complexity index is 1010. The molecule has 4 rings (SSSR count). The second kappa shape index (κ2) is 8.90. The molecule has 1 aliphatic rings. The van der Waals surface area contributed by atoms with Crippen LogP contribution in [0.1, 0.15) is 11.1 Å². The summed E-state index contributed by atoms with van der Waals surface area (Å²) in [6.07, 6.45) is 1.82. The Morgan fingerprint density at radius 2 is 1.57 bits per heavy atom. The van der Waals surface area contributed by atoms with Gasteiger partial charge in [-0.3, -0.25) is 0 Å². The lowest BCUT2D eigenvalue weighted by Crippen LogP contribution is -2.44. The number of anilines is 5. The fourth-order valence-electron chi connectivity index (χ4n) is 3.44. The Labute approximate surface area is 182 Å². The van der Waals surface area contributed by atoms with Crippen LogP contribution in [0.15, 0.2) is 48.7 Å². The van der Waals surface area contributed by atoms with Gasteiger partial charge in [0.1, 0.15) is 5.82 Å². The molecule has 0 unspecified atom stereocenters. The molecule has 0 spiro atoms. The number of hydrogen-bond donors (Lipinski definition) is 2. The summed E-state index contributed by atoms with van der Waals surface area (Å²) >= 11 is 6.13. The van der Waals surface area contributed by atoms with Gasteiger partial charge in [-0.2, -0.15) is 4.98 Å². The lowest BCUT2D eigenvalue weighted by molar-refractivity contribution is 0.313. The number of aryl methyl sites for hydroxylation is 2. The van der Waals surface area contributed by atoms with Gasteiger partial charge in [0, 0.05) is 60.0 Å². The smallest absolute Gasteiger partial charge is 0.229 e. The molecule has 0 saturated carbocycles. The first-order valence-corrected chi connectivity index (χ1v) is 10.5. The maximum Gasteiger partial charge on any atom is 0.229 e. The van der Waals surface area contributed by atoms with E-state index in [0.29, 0.717) is 5.95 Å². The molecule has 1 fully saturated rings. The number of aromatic nitrogens is 2. The molecule has 0 aliphatic carbocycles. The number of nitrogens with zero attached hydrogens (tertiary/aromatic N) is 4. The minimum Gasteiger partial charge on any atom is -0.369 e. The quantitative estimate of drug-likeness (QED) is 0.604. The van der Waals surface area contributed by atoms with Crippen molar-refractivity contribution in [3.05, 3.63) is 64.8 Å². The number of nitrogens with one attached hydrogen (secondary N) is 2.